The first-order valence-corrected chi connectivity index (χ1v) is 6.89. The molecule has 0 radical (unpaired) electrons. The molecule has 1 rings (SSSR count). The highest BCUT2D eigenvalue weighted by atomic mass is 35.5. The molecule has 0 aliphatic carbocycles. The molecule has 5 heteroatoms. The Morgan fingerprint density at radius 3 is 2.23 bits per heavy atom. The fourth-order valence-electron chi connectivity index (χ4n) is 0.908. The van der Waals surface area contributed by atoms with E-state index in [1.807, 2.05) is 0 Å². The predicted octanol–water partition coefficient (Wildman–Crippen LogP) is 3.79. The van der Waals surface area contributed by atoms with E-state index in [0.29, 0.717) is 4.34 Å². The van der Waals surface area contributed by atoms with Crippen LogP contribution in [0.15, 0.2) is 11.4 Å². The maximum Gasteiger partial charge on any atom is 0.461 e. The van der Waals surface area contributed by atoms with Crippen molar-refractivity contribution < 1.29 is 8.22 Å². The van der Waals surface area contributed by atoms with Crippen LogP contribution in [-0.4, -0.2) is 8.74 Å². The van der Waals surface area contributed by atoms with Gasteiger partial charge >= 0.3 is 8.74 Å². The molecule has 74 valence electrons. The minimum atomic E-state index is -4.33. The van der Waals surface area contributed by atoms with Crippen molar-refractivity contribution in [3.63, 3.8) is 0 Å². The summed E-state index contributed by atoms with van der Waals surface area (Å²) in [6, 6.07) is 1.39. The highest BCUT2D eigenvalue weighted by Crippen LogP contribution is 2.38. The first-order chi connectivity index (χ1) is 5.75. The number of hydrogen-bond donors (Lipinski definition) is 0. The molecule has 0 saturated heterocycles. The number of rotatable bonds is 1. The Morgan fingerprint density at radius 1 is 1.38 bits per heavy atom. The quantitative estimate of drug-likeness (QED) is 0.518. The Balaban J connectivity index is 3.07. The van der Waals surface area contributed by atoms with Crippen LogP contribution < -0.4 is 5.19 Å². The van der Waals surface area contributed by atoms with Crippen LogP contribution in [0, 0.1) is 0 Å². The Kier molecular flexibility index (Phi) is 2.85. The van der Waals surface area contributed by atoms with Gasteiger partial charge in [0.15, 0.2) is 0 Å². The summed E-state index contributed by atoms with van der Waals surface area (Å²) in [6.45, 7) is 4.72. The summed E-state index contributed by atoms with van der Waals surface area (Å²) in [5.41, 5.74) is 0. The molecule has 0 atom stereocenters. The molecular weight excluding hydrogens is 230 g/mol. The van der Waals surface area contributed by atoms with Crippen molar-refractivity contribution in [3.05, 3.63) is 15.8 Å². The van der Waals surface area contributed by atoms with Gasteiger partial charge in [0, 0.05) is 10.2 Å². The molecule has 1 heterocycles. The number of hydrogen-bond acceptors (Lipinski definition) is 1. The minimum absolute atomic E-state index is 0.148. The SMILES string of the molecule is CC(C)(C)[Si](F)(F)c1csc(Cl)c1. The minimum Gasteiger partial charge on any atom is -0.264 e. The second kappa shape index (κ2) is 3.33. The second-order valence-electron chi connectivity index (χ2n) is 3.96. The van der Waals surface area contributed by atoms with Crippen LogP contribution in [0.25, 0.3) is 0 Å². The van der Waals surface area contributed by atoms with Gasteiger partial charge in [-0.15, -0.1) is 11.3 Å². The van der Waals surface area contributed by atoms with Gasteiger partial charge in [-0.05, 0) is 11.4 Å². The zero-order valence-corrected chi connectivity index (χ0v) is 10.3. The lowest BCUT2D eigenvalue weighted by Crippen LogP contribution is -2.46. The predicted molar refractivity (Wildman–Crippen MR) is 56.6 cm³/mol. The molecule has 0 saturated carbocycles. The van der Waals surface area contributed by atoms with Gasteiger partial charge in [-0.25, -0.2) is 0 Å². The fourth-order valence-corrected chi connectivity index (χ4v) is 3.82. The third-order valence-corrected chi connectivity index (χ3v) is 6.07. The molecule has 1 aromatic heterocycles. The second-order valence-corrected chi connectivity index (χ2v) is 8.73. The van der Waals surface area contributed by atoms with Gasteiger partial charge in [0.2, 0.25) is 0 Å². The van der Waals surface area contributed by atoms with Crippen molar-refractivity contribution in [2.24, 2.45) is 0 Å². The van der Waals surface area contributed by atoms with Crippen LogP contribution in [0.4, 0.5) is 8.22 Å². The summed E-state index contributed by atoms with van der Waals surface area (Å²) in [5.74, 6) is 0. The molecular formula is C8H11ClF2SSi. The smallest absolute Gasteiger partial charge is 0.264 e. The standard InChI is InChI=1S/C8H11ClF2SSi/c1-8(2,3)13(10,11)6-4-7(9)12-5-6/h4-5H,1-3H3. The average Bonchev–Trinajstić information content (AvgIpc) is 2.33. The molecule has 0 nitrogen and oxygen atoms in total. The first kappa shape index (κ1) is 11.1. The van der Waals surface area contributed by atoms with Crippen molar-refractivity contribution >= 4 is 36.9 Å². The molecule has 0 aliphatic rings. The molecule has 0 aromatic carbocycles. The van der Waals surface area contributed by atoms with Crippen molar-refractivity contribution in [1.29, 1.82) is 0 Å². The van der Waals surface area contributed by atoms with Crippen molar-refractivity contribution in [2.75, 3.05) is 0 Å². The van der Waals surface area contributed by atoms with Crippen LogP contribution in [-0.2, 0) is 0 Å². The molecule has 0 N–H and O–H groups in total. The van der Waals surface area contributed by atoms with E-state index in [1.54, 1.807) is 20.8 Å². The van der Waals surface area contributed by atoms with Crippen LogP contribution in [0.5, 0.6) is 0 Å². The Morgan fingerprint density at radius 2 is 1.92 bits per heavy atom. The third kappa shape index (κ3) is 2.11. The summed E-state index contributed by atoms with van der Waals surface area (Å²) in [5, 5.41) is 0.687. The number of thiophene rings is 1. The van der Waals surface area contributed by atoms with Gasteiger partial charge in [0.05, 0.1) is 4.34 Å². The van der Waals surface area contributed by atoms with Gasteiger partial charge in [-0.1, -0.05) is 32.4 Å². The molecule has 0 unspecified atom stereocenters. The molecule has 0 amide bonds. The van der Waals surface area contributed by atoms with Crippen LogP contribution >= 0.6 is 22.9 Å². The zero-order chi connectivity index (χ0) is 10.3. The molecule has 0 fully saturated rings. The largest absolute Gasteiger partial charge is 0.461 e. The normalized spacial score (nSPS) is 13.4. The van der Waals surface area contributed by atoms with Crippen LogP contribution in [0.1, 0.15) is 20.8 Å². The summed E-state index contributed by atoms with van der Waals surface area (Å²) < 4.78 is 28.0. The molecule has 1 aromatic rings. The van der Waals surface area contributed by atoms with E-state index < -0.39 is 13.8 Å². The molecule has 0 bridgehead atoms. The van der Waals surface area contributed by atoms with Crippen LogP contribution in [0.3, 0.4) is 0 Å². The lowest BCUT2D eigenvalue weighted by molar-refractivity contribution is 0.520. The van der Waals surface area contributed by atoms with Gasteiger partial charge in [-0.2, -0.15) is 0 Å². The topological polar surface area (TPSA) is 0 Å². The van der Waals surface area contributed by atoms with E-state index >= 15 is 0 Å². The van der Waals surface area contributed by atoms with E-state index in [4.69, 9.17) is 11.6 Å². The van der Waals surface area contributed by atoms with E-state index in [-0.39, 0.29) is 5.19 Å². The Hall–Kier alpha value is 0.0669. The van der Waals surface area contributed by atoms with Crippen molar-refractivity contribution in [2.45, 2.75) is 25.8 Å². The lowest BCUT2D eigenvalue weighted by Gasteiger charge is -2.26. The number of halogens is 3. The Bertz CT molecular complexity index is 303. The summed E-state index contributed by atoms with van der Waals surface area (Å²) in [4.78, 5) is 0. The van der Waals surface area contributed by atoms with Crippen molar-refractivity contribution in [3.8, 4) is 0 Å². The Labute approximate surface area is 86.9 Å². The van der Waals surface area contributed by atoms with Gasteiger partial charge in [-0.3, -0.25) is 8.22 Å². The first-order valence-electron chi connectivity index (χ1n) is 3.87. The summed E-state index contributed by atoms with van der Waals surface area (Å²) in [6.07, 6.45) is 0. The van der Waals surface area contributed by atoms with Crippen LogP contribution in [0.2, 0.25) is 9.37 Å². The fraction of sp³-hybridized carbons (Fsp3) is 0.500. The zero-order valence-electron chi connectivity index (χ0n) is 7.70. The highest BCUT2D eigenvalue weighted by molar-refractivity contribution is 7.16. The maximum absolute atomic E-state index is 13.8. The molecule has 13 heavy (non-hydrogen) atoms. The van der Waals surface area contributed by atoms with E-state index in [0.717, 1.165) is 0 Å². The van der Waals surface area contributed by atoms with Gasteiger partial charge in [0.1, 0.15) is 0 Å². The van der Waals surface area contributed by atoms with Crippen molar-refractivity contribution in [1.82, 2.24) is 0 Å². The molecule has 0 aliphatic heterocycles. The molecule has 0 spiro atoms. The van der Waals surface area contributed by atoms with E-state index in [9.17, 15) is 8.22 Å². The highest BCUT2D eigenvalue weighted by Gasteiger charge is 2.50. The van der Waals surface area contributed by atoms with E-state index in [2.05, 4.69) is 0 Å². The van der Waals surface area contributed by atoms with Gasteiger partial charge in [0.25, 0.3) is 0 Å². The van der Waals surface area contributed by atoms with E-state index in [1.165, 1.54) is 22.8 Å². The third-order valence-electron chi connectivity index (χ3n) is 1.87. The maximum atomic E-state index is 13.8. The average molecular weight is 241 g/mol. The van der Waals surface area contributed by atoms with Gasteiger partial charge < -0.3 is 0 Å². The summed E-state index contributed by atoms with van der Waals surface area (Å²) in [7, 11) is -4.33. The summed E-state index contributed by atoms with van der Waals surface area (Å²) >= 11 is 6.79. The monoisotopic (exact) mass is 240 g/mol. The lowest BCUT2D eigenvalue weighted by atomic mass is 10.2.